The number of benzene rings is 1. The number of carbonyl (C=O) groups is 1. The van der Waals surface area contributed by atoms with Gasteiger partial charge in [0.1, 0.15) is 5.82 Å². The third-order valence-electron chi connectivity index (χ3n) is 3.22. The molecule has 1 aromatic rings. The lowest BCUT2D eigenvalue weighted by Crippen LogP contribution is -2.44. The van der Waals surface area contributed by atoms with Crippen molar-refractivity contribution in [1.82, 2.24) is 5.32 Å². The van der Waals surface area contributed by atoms with E-state index in [-0.39, 0.29) is 17.0 Å². The molecular weight excluding hydrogens is 269 g/mol. The molecule has 1 fully saturated rings. The number of nitrogens with two attached hydrogens (primary N) is 1. The Morgan fingerprint density at radius 3 is 3.00 bits per heavy atom. The fraction of sp³-hybridized carbons (Fsp3) is 0.462. The fourth-order valence-electron chi connectivity index (χ4n) is 2.13. The minimum Gasteiger partial charge on any atom is -0.369 e. The first-order chi connectivity index (χ1) is 8.97. The summed E-state index contributed by atoms with van der Waals surface area (Å²) in [6, 6.07) is 4.28. The topological polar surface area (TPSA) is 58.4 Å². The van der Waals surface area contributed by atoms with Gasteiger partial charge in [0.25, 0.3) is 0 Å². The molecule has 2 atom stereocenters. The zero-order valence-corrected chi connectivity index (χ0v) is 11.5. The molecule has 2 unspecified atom stereocenters. The van der Waals surface area contributed by atoms with Gasteiger partial charge in [-0.25, -0.2) is 4.39 Å². The number of nitrogens with zero attached hydrogens (tertiary/aromatic N) is 1. The summed E-state index contributed by atoms with van der Waals surface area (Å²) in [5.41, 5.74) is 6.28. The minimum absolute atomic E-state index is 0.0530. The highest BCUT2D eigenvalue weighted by molar-refractivity contribution is 6.30. The van der Waals surface area contributed by atoms with E-state index in [0.29, 0.717) is 6.54 Å². The third-order valence-corrected chi connectivity index (χ3v) is 3.52. The molecule has 3 N–H and O–H groups in total. The maximum atomic E-state index is 13.4. The molecule has 0 saturated carbocycles. The van der Waals surface area contributed by atoms with Gasteiger partial charge in [-0.05, 0) is 31.5 Å². The average molecular weight is 286 g/mol. The van der Waals surface area contributed by atoms with Crippen molar-refractivity contribution in [2.45, 2.75) is 25.4 Å². The summed E-state index contributed by atoms with van der Waals surface area (Å²) < 4.78 is 13.4. The van der Waals surface area contributed by atoms with Crippen molar-refractivity contribution in [3.63, 3.8) is 0 Å². The van der Waals surface area contributed by atoms with Crippen LogP contribution >= 0.6 is 11.6 Å². The van der Waals surface area contributed by atoms with E-state index in [1.165, 1.54) is 6.07 Å². The molecule has 0 bridgehead atoms. The number of nitrogens with one attached hydrogen (secondary N) is 1. The van der Waals surface area contributed by atoms with Gasteiger partial charge >= 0.3 is 0 Å². The molecule has 0 aliphatic carbocycles. The van der Waals surface area contributed by atoms with Crippen LogP contribution in [0.5, 0.6) is 0 Å². The van der Waals surface area contributed by atoms with Gasteiger partial charge in [0.2, 0.25) is 5.91 Å². The van der Waals surface area contributed by atoms with E-state index < -0.39 is 11.9 Å². The highest BCUT2D eigenvalue weighted by atomic mass is 35.5. The number of rotatable bonds is 3. The van der Waals surface area contributed by atoms with Gasteiger partial charge in [-0.15, -0.1) is 0 Å². The van der Waals surface area contributed by atoms with Crippen LogP contribution < -0.4 is 16.0 Å². The Morgan fingerprint density at radius 1 is 1.63 bits per heavy atom. The Hall–Kier alpha value is -1.33. The van der Waals surface area contributed by atoms with E-state index in [9.17, 15) is 9.18 Å². The summed E-state index contributed by atoms with van der Waals surface area (Å²) in [4.78, 5) is 13.5. The molecule has 1 aliphatic rings. The predicted molar refractivity (Wildman–Crippen MR) is 73.8 cm³/mol. The van der Waals surface area contributed by atoms with E-state index in [2.05, 4.69) is 5.32 Å². The Labute approximate surface area is 116 Å². The summed E-state index contributed by atoms with van der Waals surface area (Å²) in [5.74, 6) is -0.587. The Bertz CT molecular complexity index is 481. The molecule has 1 aromatic carbocycles. The molecule has 4 nitrogen and oxygen atoms in total. The summed E-state index contributed by atoms with van der Waals surface area (Å²) in [6.45, 7) is 3.07. The van der Waals surface area contributed by atoms with Gasteiger partial charge in [-0.2, -0.15) is 0 Å². The van der Waals surface area contributed by atoms with Crippen LogP contribution in [0.1, 0.15) is 13.3 Å². The molecule has 1 aliphatic heterocycles. The molecule has 104 valence electrons. The summed E-state index contributed by atoms with van der Waals surface area (Å²) in [6.07, 6.45) is 0.822. The standard InChI is InChI=1S/C13H17ClFN3O/c1-8(16)13(19)17-9-4-5-18(7-9)10-2-3-11(14)12(15)6-10/h2-3,6,8-9H,4-5,7,16H2,1H3,(H,17,19). The highest BCUT2D eigenvalue weighted by Gasteiger charge is 2.25. The number of anilines is 1. The van der Waals surface area contributed by atoms with E-state index in [4.69, 9.17) is 17.3 Å². The predicted octanol–water partition coefficient (Wildman–Crippen LogP) is 1.52. The van der Waals surface area contributed by atoms with Gasteiger partial charge in [-0.1, -0.05) is 11.6 Å². The van der Waals surface area contributed by atoms with Gasteiger partial charge in [0, 0.05) is 24.8 Å². The van der Waals surface area contributed by atoms with Crippen LogP contribution in [0.25, 0.3) is 0 Å². The summed E-state index contributed by atoms with van der Waals surface area (Å²) in [7, 11) is 0. The molecule has 19 heavy (non-hydrogen) atoms. The zero-order valence-electron chi connectivity index (χ0n) is 10.7. The van der Waals surface area contributed by atoms with Crippen LogP contribution in [0.4, 0.5) is 10.1 Å². The van der Waals surface area contributed by atoms with Crippen molar-refractivity contribution in [2.75, 3.05) is 18.0 Å². The van der Waals surface area contributed by atoms with Crippen LogP contribution in [0, 0.1) is 5.82 Å². The van der Waals surface area contributed by atoms with Crippen molar-refractivity contribution in [2.24, 2.45) is 5.73 Å². The molecule has 1 amide bonds. The molecule has 1 heterocycles. The van der Waals surface area contributed by atoms with Gasteiger partial charge in [-0.3, -0.25) is 4.79 Å². The largest absolute Gasteiger partial charge is 0.369 e. The fourth-order valence-corrected chi connectivity index (χ4v) is 2.24. The molecule has 0 radical (unpaired) electrons. The van der Waals surface area contributed by atoms with Crippen molar-refractivity contribution in [3.05, 3.63) is 29.0 Å². The van der Waals surface area contributed by atoms with Crippen LogP contribution in [-0.2, 0) is 4.79 Å². The monoisotopic (exact) mass is 285 g/mol. The maximum absolute atomic E-state index is 13.4. The SMILES string of the molecule is CC(N)C(=O)NC1CCN(c2ccc(Cl)c(F)c2)C1. The van der Waals surface area contributed by atoms with Crippen molar-refractivity contribution in [1.29, 1.82) is 0 Å². The first kappa shape index (κ1) is 14.1. The van der Waals surface area contributed by atoms with Crippen molar-refractivity contribution < 1.29 is 9.18 Å². The lowest BCUT2D eigenvalue weighted by Gasteiger charge is -2.19. The van der Waals surface area contributed by atoms with Crippen LogP contribution in [0.2, 0.25) is 5.02 Å². The second-order valence-corrected chi connectivity index (χ2v) is 5.23. The van der Waals surface area contributed by atoms with E-state index in [0.717, 1.165) is 18.7 Å². The number of carbonyl (C=O) groups excluding carboxylic acids is 1. The van der Waals surface area contributed by atoms with Gasteiger partial charge in [0.15, 0.2) is 0 Å². The molecule has 1 saturated heterocycles. The average Bonchev–Trinajstić information content (AvgIpc) is 2.81. The number of hydrogen-bond acceptors (Lipinski definition) is 3. The van der Waals surface area contributed by atoms with E-state index in [1.54, 1.807) is 19.1 Å². The lowest BCUT2D eigenvalue weighted by atomic mass is 10.2. The number of hydrogen-bond donors (Lipinski definition) is 2. The van der Waals surface area contributed by atoms with E-state index in [1.807, 2.05) is 4.90 Å². The summed E-state index contributed by atoms with van der Waals surface area (Å²) >= 11 is 5.66. The Morgan fingerprint density at radius 2 is 2.37 bits per heavy atom. The van der Waals surface area contributed by atoms with Crippen molar-refractivity contribution >= 4 is 23.2 Å². The van der Waals surface area contributed by atoms with Crippen LogP contribution in [0.15, 0.2) is 18.2 Å². The molecule has 2 rings (SSSR count). The number of amides is 1. The third kappa shape index (κ3) is 3.36. The summed E-state index contributed by atoms with van der Waals surface area (Å²) in [5, 5.41) is 2.99. The normalized spacial score (nSPS) is 20.4. The van der Waals surface area contributed by atoms with Gasteiger partial charge in [0.05, 0.1) is 11.1 Å². The highest BCUT2D eigenvalue weighted by Crippen LogP contribution is 2.24. The zero-order chi connectivity index (χ0) is 14.0. The lowest BCUT2D eigenvalue weighted by molar-refractivity contribution is -0.122. The molecule has 0 aromatic heterocycles. The molecule has 6 heteroatoms. The second-order valence-electron chi connectivity index (χ2n) is 4.83. The van der Waals surface area contributed by atoms with Crippen LogP contribution in [-0.4, -0.2) is 31.1 Å². The van der Waals surface area contributed by atoms with E-state index >= 15 is 0 Å². The van der Waals surface area contributed by atoms with Crippen molar-refractivity contribution in [3.8, 4) is 0 Å². The number of halogens is 2. The van der Waals surface area contributed by atoms with Crippen LogP contribution in [0.3, 0.4) is 0 Å². The Balaban J connectivity index is 1.98. The first-order valence-electron chi connectivity index (χ1n) is 6.23. The van der Waals surface area contributed by atoms with Gasteiger partial charge < -0.3 is 16.0 Å². The molecular formula is C13H17ClFN3O. The Kier molecular flexibility index (Phi) is 4.27. The smallest absolute Gasteiger partial charge is 0.236 e. The minimum atomic E-state index is -0.512. The maximum Gasteiger partial charge on any atom is 0.236 e. The quantitative estimate of drug-likeness (QED) is 0.885. The molecule has 0 spiro atoms. The first-order valence-corrected chi connectivity index (χ1v) is 6.61. The second kappa shape index (κ2) is 5.75.